The Morgan fingerprint density at radius 3 is 2.68 bits per heavy atom. The molecule has 2 aromatic carbocycles. The van der Waals surface area contributed by atoms with Gasteiger partial charge in [0.15, 0.2) is 5.17 Å². The molecule has 7 heteroatoms. The van der Waals surface area contributed by atoms with Gasteiger partial charge >= 0.3 is 0 Å². The fourth-order valence-electron chi connectivity index (χ4n) is 2.25. The molecule has 0 aliphatic carbocycles. The molecule has 0 saturated carbocycles. The van der Waals surface area contributed by atoms with Gasteiger partial charge in [0.05, 0.1) is 5.69 Å². The predicted molar refractivity (Wildman–Crippen MR) is 98.4 cm³/mol. The van der Waals surface area contributed by atoms with Crippen molar-refractivity contribution < 1.29 is 14.0 Å². The van der Waals surface area contributed by atoms with Crippen LogP contribution in [0.5, 0.6) is 0 Å². The Kier molecular flexibility index (Phi) is 4.95. The molecule has 0 aromatic heterocycles. The molecular formula is C18H14FN3O2S. The van der Waals surface area contributed by atoms with Crippen molar-refractivity contribution >= 4 is 45.9 Å². The maximum Gasteiger partial charge on any atom is 0.257 e. The Hall–Kier alpha value is -2.93. The lowest BCUT2D eigenvalue weighted by atomic mass is 10.1. The van der Waals surface area contributed by atoms with Crippen LogP contribution in [0, 0.1) is 0 Å². The number of fused-ring (bicyclic) bond motifs is 1. The number of hydrogen-bond acceptors (Lipinski definition) is 4. The molecule has 0 fully saturated rings. The average Bonchev–Trinajstić information content (AvgIpc) is 2.74. The fraction of sp³-hybridized carbons (Fsp3) is 0.0556. The molecule has 0 atom stereocenters. The standard InChI is InChI=1S/C18H14FN3O2S/c1-11(23)20-13-6-4-5-12(9-13)17(24)22-18-21-16-8-3-2-7-14(16)15(19)10-25-18/h2-10H,1H3,(H,20,23)(H,21,22,24). The molecule has 2 aromatic rings. The molecule has 5 nitrogen and oxygen atoms in total. The number of aliphatic imine (C=N–C) groups is 1. The molecule has 25 heavy (non-hydrogen) atoms. The second-order valence-corrected chi connectivity index (χ2v) is 6.09. The summed E-state index contributed by atoms with van der Waals surface area (Å²) in [7, 11) is 0. The highest BCUT2D eigenvalue weighted by Gasteiger charge is 2.15. The number of halogens is 1. The molecule has 1 aliphatic rings. The van der Waals surface area contributed by atoms with E-state index >= 15 is 0 Å². The highest BCUT2D eigenvalue weighted by Crippen LogP contribution is 2.33. The summed E-state index contributed by atoms with van der Waals surface area (Å²) in [5, 5.41) is 6.86. The number of amides is 2. The number of nitrogens with zero attached hydrogens (tertiary/aromatic N) is 1. The Balaban J connectivity index is 1.82. The second-order valence-electron chi connectivity index (χ2n) is 5.23. The molecular weight excluding hydrogens is 341 g/mol. The van der Waals surface area contributed by atoms with E-state index in [0.717, 1.165) is 11.8 Å². The average molecular weight is 355 g/mol. The molecule has 126 valence electrons. The third kappa shape index (κ3) is 4.13. The van der Waals surface area contributed by atoms with Crippen LogP contribution in [0.15, 0.2) is 58.9 Å². The van der Waals surface area contributed by atoms with Crippen molar-refractivity contribution in [2.24, 2.45) is 4.99 Å². The number of hydrogen-bond donors (Lipinski definition) is 2. The summed E-state index contributed by atoms with van der Waals surface area (Å²) in [6.45, 7) is 1.39. The van der Waals surface area contributed by atoms with E-state index in [9.17, 15) is 14.0 Å². The Morgan fingerprint density at radius 1 is 1.08 bits per heavy atom. The second kappa shape index (κ2) is 7.31. The van der Waals surface area contributed by atoms with Gasteiger partial charge in [-0.3, -0.25) is 9.59 Å². The van der Waals surface area contributed by atoms with Crippen molar-refractivity contribution in [3.63, 3.8) is 0 Å². The van der Waals surface area contributed by atoms with Crippen molar-refractivity contribution in [1.29, 1.82) is 0 Å². The van der Waals surface area contributed by atoms with Gasteiger partial charge in [0.1, 0.15) is 5.83 Å². The number of carbonyl (C=O) groups is 2. The van der Waals surface area contributed by atoms with E-state index in [2.05, 4.69) is 15.6 Å². The molecule has 1 heterocycles. The fourth-order valence-corrected chi connectivity index (χ4v) is 2.89. The van der Waals surface area contributed by atoms with Gasteiger partial charge in [-0.15, -0.1) is 0 Å². The molecule has 0 spiro atoms. The lowest BCUT2D eigenvalue weighted by Crippen LogP contribution is -2.28. The Bertz CT molecular complexity index is 909. The molecule has 2 N–H and O–H groups in total. The quantitative estimate of drug-likeness (QED) is 0.853. The largest absolute Gasteiger partial charge is 0.326 e. The van der Waals surface area contributed by atoms with Gasteiger partial charge in [-0.05, 0) is 30.3 Å². The third-order valence-corrected chi connectivity index (χ3v) is 4.06. The molecule has 0 saturated heterocycles. The van der Waals surface area contributed by atoms with E-state index in [-0.39, 0.29) is 11.1 Å². The van der Waals surface area contributed by atoms with E-state index in [1.807, 2.05) is 0 Å². The number of rotatable bonds is 2. The maximum atomic E-state index is 14.1. The van der Waals surface area contributed by atoms with Gasteiger partial charge in [-0.1, -0.05) is 30.0 Å². The SMILES string of the molecule is CC(=O)Nc1cccc(C(=O)NC2=Nc3ccccc3C(F)=CS2)c1. The summed E-state index contributed by atoms with van der Waals surface area (Å²) < 4.78 is 14.1. The first-order valence-corrected chi connectivity index (χ1v) is 8.30. The van der Waals surface area contributed by atoms with Crippen LogP contribution in [0.2, 0.25) is 0 Å². The molecule has 3 rings (SSSR count). The van der Waals surface area contributed by atoms with Gasteiger partial charge in [-0.2, -0.15) is 0 Å². The van der Waals surface area contributed by atoms with E-state index < -0.39 is 11.7 Å². The van der Waals surface area contributed by atoms with Gasteiger partial charge in [-0.25, -0.2) is 9.38 Å². The molecule has 1 aliphatic heterocycles. The maximum absolute atomic E-state index is 14.1. The van der Waals surface area contributed by atoms with Crippen LogP contribution in [0.4, 0.5) is 15.8 Å². The first-order valence-electron chi connectivity index (χ1n) is 7.42. The van der Waals surface area contributed by atoms with E-state index in [1.165, 1.54) is 12.3 Å². The topological polar surface area (TPSA) is 70.6 Å². The van der Waals surface area contributed by atoms with Gasteiger partial charge < -0.3 is 10.6 Å². The minimum atomic E-state index is -0.402. The minimum Gasteiger partial charge on any atom is -0.326 e. The Labute approximate surface area is 148 Å². The normalized spacial score (nSPS) is 13.0. The van der Waals surface area contributed by atoms with E-state index in [0.29, 0.717) is 22.5 Å². The summed E-state index contributed by atoms with van der Waals surface area (Å²) >= 11 is 0.998. The van der Waals surface area contributed by atoms with Crippen LogP contribution in [0.3, 0.4) is 0 Å². The van der Waals surface area contributed by atoms with E-state index in [4.69, 9.17) is 0 Å². The van der Waals surface area contributed by atoms with Crippen molar-refractivity contribution in [2.75, 3.05) is 5.32 Å². The monoisotopic (exact) mass is 355 g/mol. The number of carbonyl (C=O) groups excluding carboxylic acids is 2. The number of amidine groups is 1. The van der Waals surface area contributed by atoms with Gasteiger partial charge in [0.25, 0.3) is 5.91 Å². The number of para-hydroxylation sites is 1. The zero-order valence-corrected chi connectivity index (χ0v) is 14.1. The van der Waals surface area contributed by atoms with Crippen molar-refractivity contribution in [3.8, 4) is 0 Å². The minimum absolute atomic E-state index is 0.224. The summed E-state index contributed by atoms with van der Waals surface area (Å²) in [5.74, 6) is -1.02. The van der Waals surface area contributed by atoms with Gasteiger partial charge in [0, 0.05) is 29.1 Å². The molecule has 0 bridgehead atoms. The zero-order valence-electron chi connectivity index (χ0n) is 13.2. The lowest BCUT2D eigenvalue weighted by molar-refractivity contribution is -0.114. The van der Waals surface area contributed by atoms with Crippen molar-refractivity contribution in [2.45, 2.75) is 6.92 Å². The van der Waals surface area contributed by atoms with Crippen LogP contribution in [0.1, 0.15) is 22.8 Å². The Morgan fingerprint density at radius 2 is 1.88 bits per heavy atom. The number of nitrogens with one attached hydrogen (secondary N) is 2. The zero-order chi connectivity index (χ0) is 17.8. The third-order valence-electron chi connectivity index (χ3n) is 3.32. The first kappa shape index (κ1) is 16.9. The molecule has 2 amide bonds. The summed E-state index contributed by atoms with van der Waals surface area (Å²) in [5.41, 5.74) is 1.71. The summed E-state index contributed by atoms with van der Waals surface area (Å²) in [4.78, 5) is 27.9. The molecule has 0 unspecified atom stereocenters. The van der Waals surface area contributed by atoms with Crippen LogP contribution >= 0.6 is 11.8 Å². The van der Waals surface area contributed by atoms with Crippen LogP contribution in [0.25, 0.3) is 5.83 Å². The smallest absolute Gasteiger partial charge is 0.257 e. The van der Waals surface area contributed by atoms with Crippen LogP contribution < -0.4 is 10.6 Å². The first-order chi connectivity index (χ1) is 12.0. The van der Waals surface area contributed by atoms with Gasteiger partial charge in [0.2, 0.25) is 5.91 Å². The highest BCUT2D eigenvalue weighted by atomic mass is 32.2. The summed E-state index contributed by atoms with van der Waals surface area (Å²) in [6.07, 6.45) is 0. The van der Waals surface area contributed by atoms with Crippen LogP contribution in [-0.2, 0) is 4.79 Å². The number of anilines is 1. The number of thioether (sulfide) groups is 1. The molecule has 0 radical (unpaired) electrons. The highest BCUT2D eigenvalue weighted by molar-refractivity contribution is 8.16. The lowest BCUT2D eigenvalue weighted by Gasteiger charge is -2.08. The summed E-state index contributed by atoms with van der Waals surface area (Å²) in [6, 6.07) is 13.3. The van der Waals surface area contributed by atoms with Crippen LogP contribution in [-0.4, -0.2) is 17.0 Å². The van der Waals surface area contributed by atoms with Crippen molar-refractivity contribution in [3.05, 3.63) is 65.1 Å². The van der Waals surface area contributed by atoms with E-state index in [1.54, 1.807) is 48.5 Å². The predicted octanol–water partition coefficient (Wildman–Crippen LogP) is 4.08. The van der Waals surface area contributed by atoms with Crippen molar-refractivity contribution in [1.82, 2.24) is 5.32 Å². The number of benzene rings is 2.